The van der Waals surface area contributed by atoms with Crippen molar-refractivity contribution in [2.45, 2.75) is 13.8 Å². The van der Waals surface area contributed by atoms with E-state index in [4.69, 9.17) is 4.42 Å². The Labute approximate surface area is 162 Å². The molecule has 28 heavy (non-hydrogen) atoms. The molecule has 2 heterocycles. The van der Waals surface area contributed by atoms with Gasteiger partial charge in [-0.3, -0.25) is 0 Å². The molecule has 0 atom stereocenters. The summed E-state index contributed by atoms with van der Waals surface area (Å²) in [6, 6.07) is 26.0. The highest BCUT2D eigenvalue weighted by molar-refractivity contribution is 6.12. The Morgan fingerprint density at radius 2 is 1.46 bits per heavy atom. The first kappa shape index (κ1) is 15.5. The van der Waals surface area contributed by atoms with Gasteiger partial charge in [-0.1, -0.05) is 35.9 Å². The van der Waals surface area contributed by atoms with Gasteiger partial charge in [0.25, 0.3) is 0 Å². The monoisotopic (exact) mass is 361 g/mol. The summed E-state index contributed by atoms with van der Waals surface area (Å²) in [5.41, 5.74) is 9.06. The summed E-state index contributed by atoms with van der Waals surface area (Å²) in [5, 5.41) is 4.87. The Morgan fingerprint density at radius 3 is 2.39 bits per heavy atom. The Bertz CT molecular complexity index is 1530. The third-order valence-electron chi connectivity index (χ3n) is 5.69. The molecule has 0 aliphatic carbocycles. The van der Waals surface area contributed by atoms with Gasteiger partial charge in [0.2, 0.25) is 0 Å². The van der Waals surface area contributed by atoms with E-state index in [1.807, 2.05) is 0 Å². The van der Waals surface area contributed by atoms with Crippen LogP contribution in [-0.2, 0) is 0 Å². The molecular weight excluding hydrogens is 342 g/mol. The zero-order valence-electron chi connectivity index (χ0n) is 15.8. The second kappa shape index (κ2) is 5.49. The maximum absolute atomic E-state index is 6.32. The first-order valence-corrected chi connectivity index (χ1v) is 9.62. The average Bonchev–Trinajstić information content (AvgIpc) is 3.25. The SMILES string of the molecule is Cc1ccc2oc3c(-c4ccc5[nH]c6ccccc6c5c4)cc(C)cc3c2c1. The van der Waals surface area contributed by atoms with Crippen LogP contribution in [0.5, 0.6) is 0 Å². The number of aromatic amines is 1. The first-order valence-electron chi connectivity index (χ1n) is 9.62. The number of fused-ring (bicyclic) bond motifs is 6. The summed E-state index contributed by atoms with van der Waals surface area (Å²) in [5.74, 6) is 0. The number of benzene rings is 4. The molecule has 0 saturated heterocycles. The maximum atomic E-state index is 6.32. The lowest BCUT2D eigenvalue weighted by Crippen LogP contribution is -1.82. The molecule has 0 aliphatic rings. The summed E-state index contributed by atoms with van der Waals surface area (Å²) in [4.78, 5) is 3.51. The predicted molar refractivity (Wildman–Crippen MR) is 118 cm³/mol. The van der Waals surface area contributed by atoms with Crippen molar-refractivity contribution in [3.63, 3.8) is 0 Å². The molecule has 0 amide bonds. The topological polar surface area (TPSA) is 28.9 Å². The standard InChI is InChI=1S/C26H19NO/c1-15-7-10-25-21(11-15)22-13-16(2)12-19(26(22)28-25)17-8-9-24-20(14-17)18-5-3-4-6-23(18)27-24/h3-14,27H,1-2H3. The van der Waals surface area contributed by atoms with Crippen molar-refractivity contribution >= 4 is 43.7 Å². The van der Waals surface area contributed by atoms with Crippen LogP contribution in [0.4, 0.5) is 0 Å². The minimum absolute atomic E-state index is 0.945. The van der Waals surface area contributed by atoms with Crippen LogP contribution in [0.1, 0.15) is 11.1 Å². The van der Waals surface area contributed by atoms with Crippen molar-refractivity contribution in [3.8, 4) is 11.1 Å². The molecule has 0 fully saturated rings. The van der Waals surface area contributed by atoms with Crippen molar-refractivity contribution in [2.24, 2.45) is 0 Å². The fourth-order valence-electron chi connectivity index (χ4n) is 4.37. The quantitative estimate of drug-likeness (QED) is 0.323. The van der Waals surface area contributed by atoms with E-state index in [0.29, 0.717) is 0 Å². The van der Waals surface area contributed by atoms with Crippen molar-refractivity contribution in [1.82, 2.24) is 4.98 Å². The van der Waals surface area contributed by atoms with Gasteiger partial charge in [-0.15, -0.1) is 0 Å². The van der Waals surface area contributed by atoms with Gasteiger partial charge in [-0.05, 0) is 67.4 Å². The van der Waals surface area contributed by atoms with Gasteiger partial charge >= 0.3 is 0 Å². The third kappa shape index (κ3) is 2.15. The number of aromatic nitrogens is 1. The van der Waals surface area contributed by atoms with Crippen molar-refractivity contribution < 1.29 is 4.42 Å². The lowest BCUT2D eigenvalue weighted by molar-refractivity contribution is 0.670. The van der Waals surface area contributed by atoms with Crippen LogP contribution in [-0.4, -0.2) is 4.98 Å². The molecule has 0 aliphatic heterocycles. The number of hydrogen-bond donors (Lipinski definition) is 1. The van der Waals surface area contributed by atoms with Crippen LogP contribution in [0.25, 0.3) is 54.9 Å². The second-order valence-electron chi connectivity index (χ2n) is 7.72. The number of rotatable bonds is 1. The third-order valence-corrected chi connectivity index (χ3v) is 5.69. The van der Waals surface area contributed by atoms with Crippen molar-refractivity contribution in [2.75, 3.05) is 0 Å². The predicted octanol–water partition coefficient (Wildman–Crippen LogP) is 7.50. The number of hydrogen-bond acceptors (Lipinski definition) is 1. The molecule has 0 spiro atoms. The Hall–Kier alpha value is -3.52. The largest absolute Gasteiger partial charge is 0.455 e. The Morgan fingerprint density at radius 1 is 0.643 bits per heavy atom. The molecule has 2 heteroatoms. The summed E-state index contributed by atoms with van der Waals surface area (Å²) in [7, 11) is 0. The van der Waals surface area contributed by atoms with Gasteiger partial charge in [0, 0.05) is 38.1 Å². The lowest BCUT2D eigenvalue weighted by Gasteiger charge is -2.06. The molecule has 6 aromatic rings. The highest BCUT2D eigenvalue weighted by Gasteiger charge is 2.14. The first-order chi connectivity index (χ1) is 13.7. The number of aryl methyl sites for hydroxylation is 2. The maximum Gasteiger partial charge on any atom is 0.143 e. The Kier molecular flexibility index (Phi) is 3.05. The zero-order valence-corrected chi connectivity index (χ0v) is 15.8. The van der Waals surface area contributed by atoms with Gasteiger partial charge < -0.3 is 9.40 Å². The van der Waals surface area contributed by atoms with E-state index in [1.165, 1.54) is 43.8 Å². The minimum Gasteiger partial charge on any atom is -0.455 e. The van der Waals surface area contributed by atoms with E-state index in [0.717, 1.165) is 22.2 Å². The molecule has 2 nitrogen and oxygen atoms in total. The smallest absolute Gasteiger partial charge is 0.143 e. The van der Waals surface area contributed by atoms with Gasteiger partial charge in [0.05, 0.1) is 0 Å². The molecular formula is C26H19NO. The van der Waals surface area contributed by atoms with E-state index in [2.05, 4.69) is 91.6 Å². The number of furan rings is 1. The van der Waals surface area contributed by atoms with E-state index in [-0.39, 0.29) is 0 Å². The number of para-hydroxylation sites is 1. The molecule has 6 rings (SSSR count). The number of H-pyrrole nitrogens is 1. The molecule has 4 aromatic carbocycles. The highest BCUT2D eigenvalue weighted by atomic mass is 16.3. The summed E-state index contributed by atoms with van der Waals surface area (Å²) < 4.78 is 6.32. The van der Waals surface area contributed by atoms with Gasteiger partial charge in [-0.2, -0.15) is 0 Å². The fraction of sp³-hybridized carbons (Fsp3) is 0.0769. The molecule has 0 saturated carbocycles. The van der Waals surface area contributed by atoms with Crippen LogP contribution in [0.2, 0.25) is 0 Å². The fourth-order valence-corrected chi connectivity index (χ4v) is 4.37. The summed E-state index contributed by atoms with van der Waals surface area (Å²) in [6.45, 7) is 4.28. The second-order valence-corrected chi connectivity index (χ2v) is 7.72. The summed E-state index contributed by atoms with van der Waals surface area (Å²) in [6.07, 6.45) is 0. The molecule has 0 bridgehead atoms. The molecule has 0 unspecified atom stereocenters. The molecule has 134 valence electrons. The zero-order chi connectivity index (χ0) is 18.8. The van der Waals surface area contributed by atoms with Crippen molar-refractivity contribution in [1.29, 1.82) is 0 Å². The molecule has 0 radical (unpaired) electrons. The van der Waals surface area contributed by atoms with Gasteiger partial charge in [0.1, 0.15) is 11.2 Å². The van der Waals surface area contributed by atoms with Gasteiger partial charge in [-0.25, -0.2) is 0 Å². The van der Waals surface area contributed by atoms with Crippen LogP contribution in [0.3, 0.4) is 0 Å². The van der Waals surface area contributed by atoms with Crippen LogP contribution >= 0.6 is 0 Å². The minimum atomic E-state index is 0.945. The van der Waals surface area contributed by atoms with Crippen LogP contribution < -0.4 is 0 Å². The van der Waals surface area contributed by atoms with E-state index in [1.54, 1.807) is 0 Å². The van der Waals surface area contributed by atoms with E-state index in [9.17, 15) is 0 Å². The molecule has 2 aromatic heterocycles. The van der Waals surface area contributed by atoms with Crippen LogP contribution in [0, 0.1) is 13.8 Å². The normalized spacial score (nSPS) is 11.9. The molecule has 1 N–H and O–H groups in total. The van der Waals surface area contributed by atoms with E-state index < -0.39 is 0 Å². The summed E-state index contributed by atoms with van der Waals surface area (Å²) >= 11 is 0. The van der Waals surface area contributed by atoms with Crippen molar-refractivity contribution in [3.05, 3.63) is 83.9 Å². The Balaban J connectivity index is 1.69. The average molecular weight is 361 g/mol. The van der Waals surface area contributed by atoms with E-state index >= 15 is 0 Å². The highest BCUT2D eigenvalue weighted by Crippen LogP contribution is 2.38. The number of nitrogens with one attached hydrogen (secondary N) is 1. The van der Waals surface area contributed by atoms with Gasteiger partial charge in [0.15, 0.2) is 0 Å². The van der Waals surface area contributed by atoms with Crippen LogP contribution in [0.15, 0.2) is 77.2 Å². The lowest BCUT2D eigenvalue weighted by atomic mass is 9.98.